The van der Waals surface area contributed by atoms with E-state index in [9.17, 15) is 13.2 Å². The summed E-state index contributed by atoms with van der Waals surface area (Å²) in [5, 5.41) is 2.81. The SMILES string of the molecule is Cc1ccc(S(=O)(=O)N2CCCC2)cc1C(=O)Nc1cccc(Br)c1. The van der Waals surface area contributed by atoms with E-state index in [-0.39, 0.29) is 10.8 Å². The third-order valence-corrected chi connectivity index (χ3v) is 6.63. The highest BCUT2D eigenvalue weighted by Crippen LogP contribution is 2.24. The third kappa shape index (κ3) is 3.94. The number of benzene rings is 2. The van der Waals surface area contributed by atoms with Crippen LogP contribution in [0.3, 0.4) is 0 Å². The minimum atomic E-state index is -3.55. The Kier molecular flexibility index (Phi) is 5.27. The summed E-state index contributed by atoms with van der Waals surface area (Å²) in [5.74, 6) is -0.325. The standard InChI is InChI=1S/C18H19BrN2O3S/c1-13-7-8-16(25(23,24)21-9-2-3-10-21)12-17(13)18(22)20-15-6-4-5-14(19)11-15/h4-8,11-12H,2-3,9-10H2,1H3,(H,20,22). The Balaban J connectivity index is 1.90. The molecule has 0 unspecified atom stereocenters. The lowest BCUT2D eigenvalue weighted by Gasteiger charge is -2.17. The number of hydrogen-bond donors (Lipinski definition) is 1. The van der Waals surface area contributed by atoms with E-state index in [1.54, 1.807) is 31.2 Å². The van der Waals surface area contributed by atoms with Gasteiger partial charge in [0.05, 0.1) is 4.90 Å². The highest BCUT2D eigenvalue weighted by molar-refractivity contribution is 9.10. The third-order valence-electron chi connectivity index (χ3n) is 4.24. The predicted octanol–water partition coefficient (Wildman–Crippen LogP) is 3.79. The summed E-state index contributed by atoms with van der Waals surface area (Å²) in [5.41, 5.74) is 1.74. The number of aryl methyl sites for hydroxylation is 1. The molecule has 25 heavy (non-hydrogen) atoms. The van der Waals surface area contributed by atoms with Crippen LogP contribution in [0.25, 0.3) is 0 Å². The Hall–Kier alpha value is -1.70. The average Bonchev–Trinajstić information content (AvgIpc) is 3.10. The lowest BCUT2D eigenvalue weighted by Crippen LogP contribution is -2.28. The predicted molar refractivity (Wildman–Crippen MR) is 101 cm³/mol. The zero-order chi connectivity index (χ0) is 18.0. The van der Waals surface area contributed by atoms with Crippen LogP contribution < -0.4 is 5.32 Å². The van der Waals surface area contributed by atoms with Gasteiger partial charge in [-0.3, -0.25) is 4.79 Å². The van der Waals surface area contributed by atoms with Crippen molar-refractivity contribution in [3.05, 3.63) is 58.1 Å². The molecule has 0 bridgehead atoms. The van der Waals surface area contributed by atoms with E-state index < -0.39 is 10.0 Å². The number of hydrogen-bond acceptors (Lipinski definition) is 3. The monoisotopic (exact) mass is 422 g/mol. The lowest BCUT2D eigenvalue weighted by atomic mass is 10.1. The summed E-state index contributed by atoms with van der Waals surface area (Å²) in [7, 11) is -3.55. The van der Waals surface area contributed by atoms with Gasteiger partial charge >= 0.3 is 0 Å². The molecular formula is C18H19BrN2O3S. The van der Waals surface area contributed by atoms with Gasteiger partial charge in [-0.25, -0.2) is 8.42 Å². The molecule has 0 saturated carbocycles. The largest absolute Gasteiger partial charge is 0.322 e. The van der Waals surface area contributed by atoms with E-state index in [4.69, 9.17) is 0 Å². The van der Waals surface area contributed by atoms with E-state index in [0.717, 1.165) is 22.9 Å². The Morgan fingerprint density at radius 3 is 2.52 bits per heavy atom. The van der Waals surface area contributed by atoms with Crippen LogP contribution in [0.1, 0.15) is 28.8 Å². The Bertz CT molecular complexity index is 906. The molecule has 1 heterocycles. The molecule has 1 aliphatic heterocycles. The number of halogens is 1. The van der Waals surface area contributed by atoms with E-state index in [0.29, 0.717) is 24.3 Å². The van der Waals surface area contributed by atoms with Gasteiger partial charge in [0.15, 0.2) is 0 Å². The fourth-order valence-electron chi connectivity index (χ4n) is 2.85. The quantitative estimate of drug-likeness (QED) is 0.814. The van der Waals surface area contributed by atoms with E-state index in [2.05, 4.69) is 21.2 Å². The number of rotatable bonds is 4. The second kappa shape index (κ2) is 7.27. The van der Waals surface area contributed by atoms with Crippen molar-refractivity contribution in [2.45, 2.75) is 24.7 Å². The molecule has 0 aromatic heterocycles. The van der Waals surface area contributed by atoms with Crippen molar-refractivity contribution in [2.75, 3.05) is 18.4 Å². The first-order valence-electron chi connectivity index (χ1n) is 8.05. The highest BCUT2D eigenvalue weighted by Gasteiger charge is 2.28. The van der Waals surface area contributed by atoms with Gasteiger partial charge in [-0.05, 0) is 55.7 Å². The van der Waals surface area contributed by atoms with Crippen LogP contribution in [0.2, 0.25) is 0 Å². The molecule has 3 rings (SSSR count). The number of amides is 1. The Morgan fingerprint density at radius 2 is 1.84 bits per heavy atom. The van der Waals surface area contributed by atoms with Crippen LogP contribution in [0.5, 0.6) is 0 Å². The van der Waals surface area contributed by atoms with Gasteiger partial charge in [-0.1, -0.05) is 28.1 Å². The lowest BCUT2D eigenvalue weighted by molar-refractivity contribution is 0.102. The summed E-state index contributed by atoms with van der Waals surface area (Å²) in [6.07, 6.45) is 1.75. The van der Waals surface area contributed by atoms with Crippen molar-refractivity contribution in [1.29, 1.82) is 0 Å². The molecule has 2 aromatic carbocycles. The van der Waals surface area contributed by atoms with Crippen molar-refractivity contribution in [3.63, 3.8) is 0 Å². The molecular weight excluding hydrogens is 404 g/mol. The minimum Gasteiger partial charge on any atom is -0.322 e. The van der Waals surface area contributed by atoms with Crippen molar-refractivity contribution in [3.8, 4) is 0 Å². The first kappa shape index (κ1) is 18.1. The molecule has 0 atom stereocenters. The number of anilines is 1. The number of sulfonamides is 1. The number of carbonyl (C=O) groups excluding carboxylic acids is 1. The second-order valence-electron chi connectivity index (χ2n) is 6.05. The second-order valence-corrected chi connectivity index (χ2v) is 8.91. The first-order chi connectivity index (χ1) is 11.9. The fraction of sp³-hybridized carbons (Fsp3) is 0.278. The molecule has 0 aliphatic carbocycles. The van der Waals surface area contributed by atoms with Crippen LogP contribution in [0.15, 0.2) is 51.8 Å². The maximum absolute atomic E-state index is 12.7. The van der Waals surface area contributed by atoms with Gasteiger partial charge in [0.25, 0.3) is 5.91 Å². The maximum Gasteiger partial charge on any atom is 0.255 e. The van der Waals surface area contributed by atoms with Crippen molar-refractivity contribution < 1.29 is 13.2 Å². The molecule has 5 nitrogen and oxygen atoms in total. The fourth-order valence-corrected chi connectivity index (χ4v) is 4.79. The van der Waals surface area contributed by atoms with Gasteiger partial charge in [0.2, 0.25) is 10.0 Å². The minimum absolute atomic E-state index is 0.166. The molecule has 0 radical (unpaired) electrons. The van der Waals surface area contributed by atoms with E-state index >= 15 is 0 Å². The summed E-state index contributed by atoms with van der Waals surface area (Å²) in [4.78, 5) is 12.8. The van der Waals surface area contributed by atoms with E-state index in [1.165, 1.54) is 10.4 Å². The first-order valence-corrected chi connectivity index (χ1v) is 10.3. The normalized spacial score (nSPS) is 15.3. The van der Waals surface area contributed by atoms with Crippen LogP contribution in [-0.2, 0) is 10.0 Å². The summed E-state index contributed by atoms with van der Waals surface area (Å²) in [6, 6.07) is 12.0. The smallest absolute Gasteiger partial charge is 0.255 e. The van der Waals surface area contributed by atoms with Crippen molar-refractivity contribution in [1.82, 2.24) is 4.31 Å². The summed E-state index contributed by atoms with van der Waals surface area (Å²) < 4.78 is 27.8. The topological polar surface area (TPSA) is 66.5 Å². The summed E-state index contributed by atoms with van der Waals surface area (Å²) in [6.45, 7) is 2.87. The van der Waals surface area contributed by atoms with Crippen LogP contribution >= 0.6 is 15.9 Å². The zero-order valence-electron chi connectivity index (χ0n) is 13.8. The maximum atomic E-state index is 12.7. The molecule has 1 amide bonds. The molecule has 1 fully saturated rings. The molecule has 1 aliphatic rings. The molecule has 1 saturated heterocycles. The number of carbonyl (C=O) groups is 1. The van der Waals surface area contributed by atoms with Crippen LogP contribution in [-0.4, -0.2) is 31.7 Å². The highest BCUT2D eigenvalue weighted by atomic mass is 79.9. The molecule has 7 heteroatoms. The molecule has 0 spiro atoms. The Labute approximate surface area is 156 Å². The number of nitrogens with one attached hydrogen (secondary N) is 1. The van der Waals surface area contributed by atoms with Gasteiger partial charge in [0, 0.05) is 28.8 Å². The van der Waals surface area contributed by atoms with Crippen molar-refractivity contribution in [2.24, 2.45) is 0 Å². The van der Waals surface area contributed by atoms with E-state index in [1.807, 2.05) is 12.1 Å². The van der Waals surface area contributed by atoms with Gasteiger partial charge in [-0.2, -0.15) is 4.31 Å². The Morgan fingerprint density at radius 1 is 1.12 bits per heavy atom. The zero-order valence-corrected chi connectivity index (χ0v) is 16.2. The molecule has 2 aromatic rings. The summed E-state index contributed by atoms with van der Waals surface area (Å²) >= 11 is 3.36. The van der Waals surface area contributed by atoms with Gasteiger partial charge in [-0.15, -0.1) is 0 Å². The van der Waals surface area contributed by atoms with Gasteiger partial charge in [0.1, 0.15) is 0 Å². The van der Waals surface area contributed by atoms with Crippen molar-refractivity contribution >= 4 is 37.5 Å². The molecule has 132 valence electrons. The van der Waals surface area contributed by atoms with Crippen LogP contribution in [0, 0.1) is 6.92 Å². The number of nitrogens with zero attached hydrogens (tertiary/aromatic N) is 1. The van der Waals surface area contributed by atoms with Crippen LogP contribution in [0.4, 0.5) is 5.69 Å². The molecule has 1 N–H and O–H groups in total. The van der Waals surface area contributed by atoms with Gasteiger partial charge < -0.3 is 5.32 Å². The average molecular weight is 423 g/mol.